The van der Waals surface area contributed by atoms with E-state index < -0.39 is 12.1 Å². The number of fused-ring (bicyclic) bond motifs is 1. The second kappa shape index (κ2) is 9.04. The lowest BCUT2D eigenvalue weighted by atomic mass is 9.87. The predicted molar refractivity (Wildman–Crippen MR) is 115 cm³/mol. The fourth-order valence-corrected chi connectivity index (χ4v) is 3.82. The lowest BCUT2D eigenvalue weighted by molar-refractivity contribution is -0.130. The Labute approximate surface area is 181 Å². The van der Waals surface area contributed by atoms with E-state index >= 15 is 0 Å². The van der Waals surface area contributed by atoms with Crippen LogP contribution in [0.4, 0.5) is 0 Å². The zero-order chi connectivity index (χ0) is 21.8. The molecule has 4 rings (SSSR count). The predicted octanol–water partition coefficient (Wildman–Crippen LogP) is 3.62. The number of ether oxygens (including phenoxy) is 2. The molecule has 7 nitrogen and oxygen atoms in total. The molecule has 1 N–H and O–H groups in total. The maximum absolute atomic E-state index is 12.7. The summed E-state index contributed by atoms with van der Waals surface area (Å²) >= 11 is 0. The fourth-order valence-electron chi connectivity index (χ4n) is 3.82. The summed E-state index contributed by atoms with van der Waals surface area (Å²) in [6.45, 7) is 1.56. The summed E-state index contributed by atoms with van der Waals surface area (Å²) in [5.74, 6) is -0.766. The number of para-hydroxylation sites is 1. The molecule has 0 fully saturated rings. The Morgan fingerprint density at radius 1 is 1.13 bits per heavy atom. The summed E-state index contributed by atoms with van der Waals surface area (Å²) in [4.78, 5) is 25.4. The topological polar surface area (TPSA) is 82.5 Å². The number of hydrogen-bond donors (Lipinski definition) is 1. The van der Waals surface area contributed by atoms with Gasteiger partial charge in [0.2, 0.25) is 5.69 Å². The van der Waals surface area contributed by atoms with E-state index in [1.54, 1.807) is 17.8 Å². The van der Waals surface area contributed by atoms with Crippen molar-refractivity contribution in [1.29, 1.82) is 0 Å². The Bertz CT molecular complexity index is 1080. The summed E-state index contributed by atoms with van der Waals surface area (Å²) in [5.41, 5.74) is 3.18. The maximum Gasteiger partial charge on any atom is 0.363 e. The van der Waals surface area contributed by atoms with Crippen LogP contribution in [0.1, 0.15) is 47.4 Å². The molecule has 2 aromatic carbocycles. The summed E-state index contributed by atoms with van der Waals surface area (Å²) < 4.78 is 12.2. The number of methoxy groups -OCH3 is 1. The highest BCUT2D eigenvalue weighted by Gasteiger charge is 2.28. The molecule has 0 saturated carbocycles. The van der Waals surface area contributed by atoms with E-state index in [0.717, 1.165) is 30.5 Å². The number of aromatic nitrogens is 2. The van der Waals surface area contributed by atoms with Gasteiger partial charge in [0.15, 0.2) is 11.9 Å². The average Bonchev–Trinajstić information content (AvgIpc) is 3.24. The van der Waals surface area contributed by atoms with Crippen LogP contribution in [0.25, 0.3) is 5.69 Å². The van der Waals surface area contributed by atoms with E-state index in [0.29, 0.717) is 0 Å². The molecule has 1 amide bonds. The first kappa shape index (κ1) is 20.7. The number of hydrogen-bond acceptors (Lipinski definition) is 5. The second-order valence-corrected chi connectivity index (χ2v) is 7.53. The van der Waals surface area contributed by atoms with Gasteiger partial charge in [-0.1, -0.05) is 42.5 Å². The minimum Gasteiger partial charge on any atom is -0.493 e. The van der Waals surface area contributed by atoms with Crippen molar-refractivity contribution < 1.29 is 19.1 Å². The Kier molecular flexibility index (Phi) is 6.02. The number of rotatable bonds is 6. The molecule has 0 unspecified atom stereocenters. The number of nitrogens with one attached hydrogen (secondary N) is 1. The molecule has 1 aliphatic carbocycles. The molecule has 1 aromatic heterocycles. The summed E-state index contributed by atoms with van der Waals surface area (Å²) in [5, 5.41) is 7.31. The Morgan fingerprint density at radius 2 is 1.87 bits per heavy atom. The van der Waals surface area contributed by atoms with Crippen LogP contribution in [-0.2, 0) is 16.0 Å². The Morgan fingerprint density at radius 3 is 2.65 bits per heavy atom. The molecule has 0 aliphatic heterocycles. The highest BCUT2D eigenvalue weighted by molar-refractivity contribution is 5.93. The number of esters is 1. The summed E-state index contributed by atoms with van der Waals surface area (Å²) in [7, 11) is 1.46. The lowest BCUT2D eigenvalue weighted by Crippen LogP contribution is -2.39. The van der Waals surface area contributed by atoms with Crippen LogP contribution in [-0.4, -0.2) is 34.9 Å². The smallest absolute Gasteiger partial charge is 0.363 e. The van der Waals surface area contributed by atoms with Gasteiger partial charge in [-0.05, 0) is 49.4 Å². The van der Waals surface area contributed by atoms with Crippen LogP contribution < -0.4 is 10.1 Å². The van der Waals surface area contributed by atoms with Gasteiger partial charge in [-0.3, -0.25) is 4.79 Å². The molecule has 160 valence electrons. The van der Waals surface area contributed by atoms with E-state index in [-0.39, 0.29) is 23.4 Å². The van der Waals surface area contributed by atoms with Crippen LogP contribution in [0, 0.1) is 0 Å². The third-order valence-corrected chi connectivity index (χ3v) is 5.45. The van der Waals surface area contributed by atoms with Gasteiger partial charge in [-0.25, -0.2) is 9.48 Å². The number of aryl methyl sites for hydroxylation is 1. The van der Waals surface area contributed by atoms with Crippen molar-refractivity contribution >= 4 is 11.9 Å². The van der Waals surface area contributed by atoms with Crippen molar-refractivity contribution in [2.24, 2.45) is 0 Å². The molecule has 0 radical (unpaired) electrons. The molecule has 1 aliphatic rings. The van der Waals surface area contributed by atoms with Crippen LogP contribution in [0.2, 0.25) is 0 Å². The normalized spacial score (nSPS) is 16.1. The fraction of sp³-hybridized carbons (Fsp3) is 0.292. The number of nitrogens with zero attached hydrogens (tertiary/aromatic N) is 2. The van der Waals surface area contributed by atoms with Gasteiger partial charge in [0.05, 0.1) is 25.0 Å². The molecule has 0 spiro atoms. The van der Waals surface area contributed by atoms with E-state index in [4.69, 9.17) is 9.47 Å². The molecule has 0 bridgehead atoms. The molecular weight excluding hydrogens is 394 g/mol. The van der Waals surface area contributed by atoms with Crippen molar-refractivity contribution in [2.75, 3.05) is 7.11 Å². The number of amides is 1. The number of benzene rings is 2. The number of carbonyl (C=O) groups is 2. The van der Waals surface area contributed by atoms with Gasteiger partial charge in [0.25, 0.3) is 5.91 Å². The summed E-state index contributed by atoms with van der Waals surface area (Å²) in [6.07, 6.45) is 3.52. The SMILES string of the molecule is COc1cn(-c2ccccc2)nc1C(=O)O[C@H](C)C(=O)N[C@@H]1CCCc2ccccc21. The largest absolute Gasteiger partial charge is 0.493 e. The van der Waals surface area contributed by atoms with E-state index in [9.17, 15) is 9.59 Å². The highest BCUT2D eigenvalue weighted by Crippen LogP contribution is 2.29. The van der Waals surface area contributed by atoms with Crippen LogP contribution >= 0.6 is 0 Å². The Hall–Kier alpha value is -3.61. The minimum absolute atomic E-state index is 0.0222. The molecule has 31 heavy (non-hydrogen) atoms. The van der Waals surface area contributed by atoms with E-state index in [1.807, 2.05) is 48.5 Å². The lowest BCUT2D eigenvalue weighted by Gasteiger charge is -2.27. The van der Waals surface area contributed by atoms with Gasteiger partial charge < -0.3 is 14.8 Å². The zero-order valence-corrected chi connectivity index (χ0v) is 17.6. The van der Waals surface area contributed by atoms with Crippen molar-refractivity contribution in [3.63, 3.8) is 0 Å². The van der Waals surface area contributed by atoms with Crippen LogP contribution in [0.15, 0.2) is 60.8 Å². The van der Waals surface area contributed by atoms with Gasteiger partial charge in [0.1, 0.15) is 0 Å². The number of carbonyl (C=O) groups excluding carboxylic acids is 2. The highest BCUT2D eigenvalue weighted by atomic mass is 16.6. The molecule has 0 saturated heterocycles. The van der Waals surface area contributed by atoms with Crippen molar-refractivity contribution in [3.05, 3.63) is 77.6 Å². The first-order chi connectivity index (χ1) is 15.1. The van der Waals surface area contributed by atoms with Crippen LogP contribution in [0.5, 0.6) is 5.75 Å². The summed E-state index contributed by atoms with van der Waals surface area (Å²) in [6, 6.07) is 17.4. The zero-order valence-electron chi connectivity index (χ0n) is 17.6. The molecule has 1 heterocycles. The monoisotopic (exact) mass is 419 g/mol. The quantitative estimate of drug-likeness (QED) is 0.617. The molecule has 2 atom stereocenters. The first-order valence-corrected chi connectivity index (χ1v) is 10.3. The molecular formula is C24H25N3O4. The minimum atomic E-state index is -0.965. The van der Waals surface area contributed by atoms with Crippen molar-refractivity contribution in [2.45, 2.75) is 38.3 Å². The van der Waals surface area contributed by atoms with Gasteiger partial charge >= 0.3 is 5.97 Å². The third kappa shape index (κ3) is 4.45. The maximum atomic E-state index is 12.7. The molecule has 3 aromatic rings. The standard InChI is InChI=1S/C24H25N3O4/c1-16(23(28)25-20-14-8-10-17-9-6-7-13-19(17)20)31-24(29)22-21(30-2)15-27(26-22)18-11-4-3-5-12-18/h3-7,9,11-13,15-16,20H,8,10,14H2,1-2H3,(H,25,28)/t16-,20-/m1/s1. The van der Waals surface area contributed by atoms with Gasteiger partial charge in [0, 0.05) is 0 Å². The third-order valence-electron chi connectivity index (χ3n) is 5.45. The first-order valence-electron chi connectivity index (χ1n) is 10.3. The van der Waals surface area contributed by atoms with Gasteiger partial charge in [-0.15, -0.1) is 0 Å². The van der Waals surface area contributed by atoms with Crippen molar-refractivity contribution in [3.8, 4) is 11.4 Å². The average molecular weight is 419 g/mol. The van der Waals surface area contributed by atoms with E-state index in [2.05, 4.69) is 16.5 Å². The second-order valence-electron chi connectivity index (χ2n) is 7.53. The van der Waals surface area contributed by atoms with Gasteiger partial charge in [-0.2, -0.15) is 5.10 Å². The molecule has 7 heteroatoms. The van der Waals surface area contributed by atoms with E-state index in [1.165, 1.54) is 12.7 Å². The Balaban J connectivity index is 1.44. The van der Waals surface area contributed by atoms with Crippen LogP contribution in [0.3, 0.4) is 0 Å². The van der Waals surface area contributed by atoms with Crippen molar-refractivity contribution in [1.82, 2.24) is 15.1 Å².